The average molecular weight is 168 g/mol. The van der Waals surface area contributed by atoms with Crippen LogP contribution in [-0.2, 0) is 6.61 Å². The molecular formula is C9H12O3. The van der Waals surface area contributed by atoms with E-state index in [9.17, 15) is 5.11 Å². The lowest BCUT2D eigenvalue weighted by atomic mass is 10.1. The summed E-state index contributed by atoms with van der Waals surface area (Å²) in [6.07, 6.45) is 0. The molecule has 12 heavy (non-hydrogen) atoms. The third kappa shape index (κ3) is 1.51. The Morgan fingerprint density at radius 1 is 1.42 bits per heavy atom. The van der Waals surface area contributed by atoms with Gasteiger partial charge in [-0.15, -0.1) is 0 Å². The first-order chi connectivity index (χ1) is 5.69. The van der Waals surface area contributed by atoms with Crippen LogP contribution in [0.2, 0.25) is 0 Å². The molecular weight excluding hydrogens is 156 g/mol. The second kappa shape index (κ2) is 3.45. The zero-order chi connectivity index (χ0) is 9.14. The molecule has 0 aromatic heterocycles. The molecule has 0 amide bonds. The number of aliphatic hydroxyl groups excluding tert-OH is 1. The molecule has 3 nitrogen and oxygen atoms in total. The van der Waals surface area contributed by atoms with E-state index in [2.05, 4.69) is 0 Å². The van der Waals surface area contributed by atoms with E-state index >= 15 is 0 Å². The van der Waals surface area contributed by atoms with Crippen LogP contribution in [0.3, 0.4) is 0 Å². The van der Waals surface area contributed by atoms with Crippen LogP contribution in [0.25, 0.3) is 0 Å². The number of aliphatic hydroxyl groups is 1. The lowest BCUT2D eigenvalue weighted by molar-refractivity contribution is 0.272. The quantitative estimate of drug-likeness (QED) is 0.697. The van der Waals surface area contributed by atoms with Crippen LogP contribution in [0, 0.1) is 6.92 Å². The maximum atomic E-state index is 9.18. The molecule has 0 heterocycles. The van der Waals surface area contributed by atoms with Crippen LogP contribution in [0.5, 0.6) is 11.5 Å². The molecule has 0 spiro atoms. The minimum atomic E-state index is -0.0741. The lowest BCUT2D eigenvalue weighted by Gasteiger charge is -2.09. The van der Waals surface area contributed by atoms with Crippen LogP contribution in [0.4, 0.5) is 0 Å². The van der Waals surface area contributed by atoms with Crippen LogP contribution < -0.4 is 4.74 Å². The smallest absolute Gasteiger partial charge is 0.128 e. The fourth-order valence-electron chi connectivity index (χ4n) is 1.15. The summed E-state index contributed by atoms with van der Waals surface area (Å²) in [7, 11) is 1.51. The van der Waals surface area contributed by atoms with Gasteiger partial charge in [-0.25, -0.2) is 0 Å². The highest BCUT2D eigenvalue weighted by Gasteiger charge is 2.06. The summed E-state index contributed by atoms with van der Waals surface area (Å²) in [4.78, 5) is 0. The number of rotatable bonds is 2. The van der Waals surface area contributed by atoms with Gasteiger partial charge in [0, 0.05) is 11.6 Å². The minimum Gasteiger partial charge on any atom is -0.508 e. The summed E-state index contributed by atoms with van der Waals surface area (Å²) in [6.45, 7) is 1.74. The van der Waals surface area contributed by atoms with Crippen molar-refractivity contribution in [1.82, 2.24) is 0 Å². The van der Waals surface area contributed by atoms with Crippen molar-refractivity contribution in [3.8, 4) is 11.5 Å². The first kappa shape index (κ1) is 8.87. The number of hydrogen-bond acceptors (Lipinski definition) is 3. The number of methoxy groups -OCH3 is 1. The van der Waals surface area contributed by atoms with Gasteiger partial charge < -0.3 is 14.9 Å². The molecule has 0 fully saturated rings. The Morgan fingerprint density at radius 3 is 2.58 bits per heavy atom. The first-order valence-electron chi connectivity index (χ1n) is 3.66. The summed E-state index contributed by atoms with van der Waals surface area (Å²) < 4.78 is 4.98. The SMILES string of the molecule is COc1cc(O)cc(C)c1CO. The second-order valence-electron chi connectivity index (χ2n) is 2.60. The Labute approximate surface area is 71.2 Å². The van der Waals surface area contributed by atoms with Crippen molar-refractivity contribution < 1.29 is 14.9 Å². The average Bonchev–Trinajstić information content (AvgIpc) is 2.03. The normalized spacial score (nSPS) is 9.92. The molecule has 0 bridgehead atoms. The van der Waals surface area contributed by atoms with E-state index in [0.29, 0.717) is 5.75 Å². The van der Waals surface area contributed by atoms with Gasteiger partial charge in [0.2, 0.25) is 0 Å². The van der Waals surface area contributed by atoms with Crippen LogP contribution in [0.1, 0.15) is 11.1 Å². The Bertz CT molecular complexity index is 281. The van der Waals surface area contributed by atoms with Gasteiger partial charge in [-0.2, -0.15) is 0 Å². The van der Waals surface area contributed by atoms with Gasteiger partial charge >= 0.3 is 0 Å². The van der Waals surface area contributed by atoms with Crippen LogP contribution >= 0.6 is 0 Å². The highest BCUT2D eigenvalue weighted by molar-refractivity contribution is 5.45. The van der Waals surface area contributed by atoms with Gasteiger partial charge in [0.1, 0.15) is 11.5 Å². The molecule has 0 radical (unpaired) electrons. The Balaban J connectivity index is 3.24. The van der Waals surface area contributed by atoms with Crippen molar-refractivity contribution in [2.24, 2.45) is 0 Å². The molecule has 1 aromatic rings. The van der Waals surface area contributed by atoms with E-state index in [1.807, 2.05) is 6.92 Å². The zero-order valence-corrected chi connectivity index (χ0v) is 7.16. The molecule has 66 valence electrons. The van der Waals surface area contributed by atoms with E-state index in [-0.39, 0.29) is 12.4 Å². The predicted octanol–water partition coefficient (Wildman–Crippen LogP) is 1.20. The monoisotopic (exact) mass is 168 g/mol. The van der Waals surface area contributed by atoms with Crippen molar-refractivity contribution in [3.63, 3.8) is 0 Å². The van der Waals surface area contributed by atoms with Crippen molar-refractivity contribution in [3.05, 3.63) is 23.3 Å². The Hall–Kier alpha value is -1.22. The molecule has 0 atom stereocenters. The number of aromatic hydroxyl groups is 1. The maximum Gasteiger partial charge on any atom is 0.128 e. The van der Waals surface area contributed by atoms with Crippen molar-refractivity contribution in [1.29, 1.82) is 0 Å². The maximum absolute atomic E-state index is 9.18. The number of phenolic OH excluding ortho intramolecular Hbond substituents is 1. The number of benzene rings is 1. The van der Waals surface area contributed by atoms with E-state index in [0.717, 1.165) is 11.1 Å². The second-order valence-corrected chi connectivity index (χ2v) is 2.60. The van der Waals surface area contributed by atoms with Crippen LogP contribution in [0.15, 0.2) is 12.1 Å². The van der Waals surface area contributed by atoms with Gasteiger partial charge in [0.15, 0.2) is 0 Å². The highest BCUT2D eigenvalue weighted by atomic mass is 16.5. The Morgan fingerprint density at radius 2 is 2.08 bits per heavy atom. The summed E-state index contributed by atoms with van der Waals surface area (Å²) in [5.41, 5.74) is 1.55. The highest BCUT2D eigenvalue weighted by Crippen LogP contribution is 2.27. The molecule has 0 saturated heterocycles. The zero-order valence-electron chi connectivity index (χ0n) is 7.16. The lowest BCUT2D eigenvalue weighted by Crippen LogP contribution is -1.94. The van der Waals surface area contributed by atoms with Gasteiger partial charge in [0.05, 0.1) is 13.7 Å². The summed E-state index contributed by atoms with van der Waals surface area (Å²) >= 11 is 0. The number of hydrogen-bond donors (Lipinski definition) is 2. The van der Waals surface area contributed by atoms with Crippen LogP contribution in [-0.4, -0.2) is 17.3 Å². The fraction of sp³-hybridized carbons (Fsp3) is 0.333. The van der Waals surface area contributed by atoms with E-state index < -0.39 is 0 Å². The van der Waals surface area contributed by atoms with Crippen molar-refractivity contribution in [2.45, 2.75) is 13.5 Å². The molecule has 3 heteroatoms. The number of aryl methyl sites for hydroxylation is 1. The Kier molecular flexibility index (Phi) is 2.55. The standard InChI is InChI=1S/C9H12O3/c1-6-3-7(11)4-9(12-2)8(6)5-10/h3-4,10-11H,5H2,1-2H3. The van der Waals surface area contributed by atoms with Crippen molar-refractivity contribution >= 4 is 0 Å². The molecule has 1 aromatic carbocycles. The van der Waals surface area contributed by atoms with E-state index in [1.165, 1.54) is 13.2 Å². The molecule has 0 unspecified atom stereocenters. The largest absolute Gasteiger partial charge is 0.508 e. The van der Waals surface area contributed by atoms with Gasteiger partial charge in [0.25, 0.3) is 0 Å². The third-order valence-electron chi connectivity index (χ3n) is 1.79. The predicted molar refractivity (Wildman–Crippen MR) is 45.3 cm³/mol. The summed E-state index contributed by atoms with van der Waals surface area (Å²) in [6, 6.07) is 3.08. The van der Waals surface area contributed by atoms with Gasteiger partial charge in [-0.3, -0.25) is 0 Å². The third-order valence-corrected chi connectivity index (χ3v) is 1.79. The van der Waals surface area contributed by atoms with Crippen molar-refractivity contribution in [2.75, 3.05) is 7.11 Å². The van der Waals surface area contributed by atoms with Gasteiger partial charge in [-0.05, 0) is 18.6 Å². The molecule has 0 aliphatic carbocycles. The molecule has 0 aliphatic rings. The first-order valence-corrected chi connectivity index (χ1v) is 3.66. The number of phenols is 1. The molecule has 0 saturated carbocycles. The van der Waals surface area contributed by atoms with Gasteiger partial charge in [-0.1, -0.05) is 0 Å². The summed E-state index contributed by atoms with van der Waals surface area (Å²) in [5, 5.41) is 18.1. The van der Waals surface area contributed by atoms with E-state index in [4.69, 9.17) is 9.84 Å². The molecule has 1 rings (SSSR count). The summed E-state index contributed by atoms with van der Waals surface area (Å²) in [5.74, 6) is 0.677. The minimum absolute atomic E-state index is 0.0741. The molecule has 2 N–H and O–H groups in total. The molecule has 0 aliphatic heterocycles. The van der Waals surface area contributed by atoms with E-state index in [1.54, 1.807) is 6.07 Å². The number of ether oxygens (including phenoxy) is 1. The fourth-order valence-corrected chi connectivity index (χ4v) is 1.15. The topological polar surface area (TPSA) is 49.7 Å².